The number of hydrogen-bond donors (Lipinski definition) is 0. The molecule has 2 heteroatoms. The summed E-state index contributed by atoms with van der Waals surface area (Å²) in [7, 11) is 0. The highest BCUT2D eigenvalue weighted by atomic mass is 15.3. The number of piperazine rings is 1. The molecule has 0 atom stereocenters. The van der Waals surface area contributed by atoms with Gasteiger partial charge < -0.3 is 0 Å². The predicted octanol–water partition coefficient (Wildman–Crippen LogP) is 2.45. The maximum Gasteiger partial charge on any atom is 0.0113 e. The van der Waals surface area contributed by atoms with Gasteiger partial charge in [0.1, 0.15) is 0 Å². The van der Waals surface area contributed by atoms with Gasteiger partial charge in [0.25, 0.3) is 0 Å². The third-order valence-corrected chi connectivity index (χ3v) is 4.69. The van der Waals surface area contributed by atoms with E-state index in [1.165, 1.54) is 39.0 Å². The maximum atomic E-state index is 2.73. The Hall–Kier alpha value is -0.0800. The van der Waals surface area contributed by atoms with E-state index in [4.69, 9.17) is 0 Å². The molecule has 0 aromatic carbocycles. The van der Waals surface area contributed by atoms with Crippen molar-refractivity contribution in [2.45, 2.75) is 52.6 Å². The molecule has 2 aliphatic rings. The topological polar surface area (TPSA) is 6.48 Å². The second kappa shape index (κ2) is 5.05. The fourth-order valence-corrected chi connectivity index (χ4v) is 3.09. The summed E-state index contributed by atoms with van der Waals surface area (Å²) in [4.78, 5) is 5.34. The summed E-state index contributed by atoms with van der Waals surface area (Å²) < 4.78 is 0. The molecule has 0 bridgehead atoms. The second-order valence-corrected chi connectivity index (χ2v) is 6.30. The zero-order chi connectivity index (χ0) is 11.7. The zero-order valence-corrected chi connectivity index (χ0v) is 11.4. The first-order chi connectivity index (χ1) is 7.58. The summed E-state index contributed by atoms with van der Waals surface area (Å²) in [6.45, 7) is 14.5. The Bertz CT molecular complexity index is 211. The van der Waals surface area contributed by atoms with E-state index in [-0.39, 0.29) is 0 Å². The van der Waals surface area contributed by atoms with E-state index in [0.29, 0.717) is 0 Å². The molecule has 2 fully saturated rings. The number of rotatable bonds is 3. The molecule has 0 N–H and O–H groups in total. The van der Waals surface area contributed by atoms with E-state index in [0.717, 1.165) is 23.9 Å². The summed E-state index contributed by atoms with van der Waals surface area (Å²) in [6, 6.07) is 1.65. The van der Waals surface area contributed by atoms with Crippen LogP contribution in [0.1, 0.15) is 40.5 Å². The molecular weight excluding hydrogens is 196 g/mol. The van der Waals surface area contributed by atoms with Crippen molar-refractivity contribution < 1.29 is 0 Å². The van der Waals surface area contributed by atoms with E-state index in [1.807, 2.05) is 0 Å². The van der Waals surface area contributed by atoms with Crippen molar-refractivity contribution in [3.05, 3.63) is 0 Å². The van der Waals surface area contributed by atoms with E-state index in [1.54, 1.807) is 0 Å². The summed E-state index contributed by atoms with van der Waals surface area (Å²) in [5.74, 6) is 1.90. The summed E-state index contributed by atoms with van der Waals surface area (Å²) in [6.07, 6.45) is 2.92. The van der Waals surface area contributed by atoms with Crippen molar-refractivity contribution in [2.24, 2.45) is 11.8 Å². The molecule has 1 aliphatic carbocycles. The molecule has 1 heterocycles. The summed E-state index contributed by atoms with van der Waals surface area (Å²) in [5, 5.41) is 0. The minimum Gasteiger partial charge on any atom is -0.298 e. The standard InChI is InChI=1S/C14H28N2/c1-11(2)13-9-14(10-13)16-7-5-15(6-8-16)12(3)4/h11-14H,5-10H2,1-4H3/t13-,14+. The molecule has 1 saturated carbocycles. The van der Waals surface area contributed by atoms with E-state index < -0.39 is 0 Å². The largest absolute Gasteiger partial charge is 0.298 e. The minimum absolute atomic E-state index is 0.729. The van der Waals surface area contributed by atoms with Crippen LogP contribution in [0.25, 0.3) is 0 Å². The van der Waals surface area contributed by atoms with Crippen LogP contribution in [0.15, 0.2) is 0 Å². The van der Waals surface area contributed by atoms with Gasteiger partial charge in [-0.2, -0.15) is 0 Å². The van der Waals surface area contributed by atoms with Gasteiger partial charge in [0.2, 0.25) is 0 Å². The molecule has 16 heavy (non-hydrogen) atoms. The SMILES string of the molecule is CC(C)N1CCN([C@H]2C[C@@H](C(C)C)C2)CC1. The van der Waals surface area contributed by atoms with Gasteiger partial charge in [-0.15, -0.1) is 0 Å². The van der Waals surface area contributed by atoms with Crippen LogP contribution in [0.3, 0.4) is 0 Å². The van der Waals surface area contributed by atoms with Gasteiger partial charge in [-0.05, 0) is 38.5 Å². The maximum absolute atomic E-state index is 2.73. The van der Waals surface area contributed by atoms with Crippen molar-refractivity contribution in [1.29, 1.82) is 0 Å². The van der Waals surface area contributed by atoms with Crippen LogP contribution < -0.4 is 0 Å². The van der Waals surface area contributed by atoms with Gasteiger partial charge in [0, 0.05) is 38.3 Å². The van der Waals surface area contributed by atoms with Crippen molar-refractivity contribution in [2.75, 3.05) is 26.2 Å². The molecule has 0 unspecified atom stereocenters. The van der Waals surface area contributed by atoms with Crippen LogP contribution in [-0.4, -0.2) is 48.1 Å². The van der Waals surface area contributed by atoms with E-state index in [2.05, 4.69) is 37.5 Å². The van der Waals surface area contributed by atoms with Crippen LogP contribution in [0, 0.1) is 11.8 Å². The minimum atomic E-state index is 0.729. The fourth-order valence-electron chi connectivity index (χ4n) is 3.09. The van der Waals surface area contributed by atoms with Gasteiger partial charge in [-0.3, -0.25) is 9.80 Å². The molecule has 1 saturated heterocycles. The lowest BCUT2D eigenvalue weighted by Gasteiger charge is -2.48. The predicted molar refractivity (Wildman–Crippen MR) is 69.6 cm³/mol. The van der Waals surface area contributed by atoms with Crippen LogP contribution in [0.2, 0.25) is 0 Å². The molecular formula is C14H28N2. The Kier molecular flexibility index (Phi) is 3.91. The smallest absolute Gasteiger partial charge is 0.0113 e. The van der Waals surface area contributed by atoms with Crippen molar-refractivity contribution in [3.63, 3.8) is 0 Å². The third kappa shape index (κ3) is 2.60. The molecule has 2 nitrogen and oxygen atoms in total. The van der Waals surface area contributed by atoms with Crippen LogP contribution in [0.4, 0.5) is 0 Å². The zero-order valence-electron chi connectivity index (χ0n) is 11.4. The van der Waals surface area contributed by atoms with E-state index >= 15 is 0 Å². The summed E-state index contributed by atoms with van der Waals surface area (Å²) >= 11 is 0. The van der Waals surface area contributed by atoms with Crippen molar-refractivity contribution in [3.8, 4) is 0 Å². The highest BCUT2D eigenvalue weighted by Crippen LogP contribution is 2.37. The molecule has 1 aliphatic heterocycles. The van der Waals surface area contributed by atoms with Crippen LogP contribution >= 0.6 is 0 Å². The lowest BCUT2D eigenvalue weighted by atomic mass is 9.73. The Morgan fingerprint density at radius 2 is 1.44 bits per heavy atom. The quantitative estimate of drug-likeness (QED) is 0.726. The highest BCUT2D eigenvalue weighted by molar-refractivity contribution is 4.90. The third-order valence-electron chi connectivity index (χ3n) is 4.69. The molecule has 0 aromatic rings. The monoisotopic (exact) mass is 224 g/mol. The first kappa shape index (κ1) is 12.4. The van der Waals surface area contributed by atoms with Gasteiger partial charge in [0.05, 0.1) is 0 Å². The number of nitrogens with zero attached hydrogens (tertiary/aromatic N) is 2. The first-order valence-corrected chi connectivity index (χ1v) is 7.06. The first-order valence-electron chi connectivity index (χ1n) is 7.06. The molecule has 2 rings (SSSR count). The average Bonchev–Trinajstić information content (AvgIpc) is 2.15. The average molecular weight is 224 g/mol. The van der Waals surface area contributed by atoms with Crippen molar-refractivity contribution in [1.82, 2.24) is 9.80 Å². The Balaban J connectivity index is 1.71. The Morgan fingerprint density at radius 3 is 1.88 bits per heavy atom. The van der Waals surface area contributed by atoms with Crippen LogP contribution in [0.5, 0.6) is 0 Å². The van der Waals surface area contributed by atoms with Crippen LogP contribution in [-0.2, 0) is 0 Å². The molecule has 94 valence electrons. The summed E-state index contributed by atoms with van der Waals surface area (Å²) in [5.41, 5.74) is 0. The van der Waals surface area contributed by atoms with Gasteiger partial charge in [-0.1, -0.05) is 13.8 Å². The fraction of sp³-hybridized carbons (Fsp3) is 1.00. The Morgan fingerprint density at radius 1 is 0.875 bits per heavy atom. The second-order valence-electron chi connectivity index (χ2n) is 6.30. The van der Waals surface area contributed by atoms with Gasteiger partial charge in [0.15, 0.2) is 0 Å². The van der Waals surface area contributed by atoms with E-state index in [9.17, 15) is 0 Å². The molecule has 0 aromatic heterocycles. The van der Waals surface area contributed by atoms with Gasteiger partial charge in [-0.25, -0.2) is 0 Å². The van der Waals surface area contributed by atoms with Gasteiger partial charge >= 0.3 is 0 Å². The lowest BCUT2D eigenvalue weighted by Crippen LogP contribution is -2.55. The molecule has 0 spiro atoms. The Labute approximate surface area is 101 Å². The molecule has 0 radical (unpaired) electrons. The normalized spacial score (nSPS) is 33.4. The number of hydrogen-bond acceptors (Lipinski definition) is 2. The lowest BCUT2D eigenvalue weighted by molar-refractivity contribution is 0.0123. The highest BCUT2D eigenvalue weighted by Gasteiger charge is 2.36. The van der Waals surface area contributed by atoms with Crippen molar-refractivity contribution >= 4 is 0 Å². The molecule has 0 amide bonds.